The number of carboxylic acids is 7. The summed E-state index contributed by atoms with van der Waals surface area (Å²) in [5.74, 6) is -8.44. The molecule has 0 radical (unpaired) electrons. The third kappa shape index (κ3) is 29.8. The number of aliphatic hydroxyl groups is 2. The van der Waals surface area contributed by atoms with Gasteiger partial charge in [0.15, 0.2) is 0 Å². The Morgan fingerprint density at radius 1 is 0.511 bits per heavy atom. The first kappa shape index (κ1) is 108. The number of nitrogens with one attached hydrogen (secondary N) is 1. The second-order valence-electron chi connectivity index (χ2n) is 32.4. The van der Waals surface area contributed by atoms with Gasteiger partial charge in [-0.2, -0.15) is 13.2 Å². The predicted molar refractivity (Wildman–Crippen MR) is 530 cm³/mol. The van der Waals surface area contributed by atoms with Crippen LogP contribution in [0.15, 0.2) is 282 Å². The molecule has 22 nitrogen and oxygen atoms in total. The summed E-state index contributed by atoms with van der Waals surface area (Å²) in [4.78, 5) is 102. The van der Waals surface area contributed by atoms with E-state index in [9.17, 15) is 84.6 Å². The number of aliphatic hydroxyl groups excluding tert-OH is 2. The van der Waals surface area contributed by atoms with Crippen LogP contribution in [0.1, 0.15) is 182 Å². The number of thioether (sulfide) groups is 1. The molecule has 13 aromatic rings. The van der Waals surface area contributed by atoms with E-state index in [0.29, 0.717) is 66.5 Å². The second kappa shape index (κ2) is 49.7. The topological polar surface area (TPSA) is 379 Å². The Bertz CT molecular complexity index is 6910. The SMILES string of the molecule is CC(=O)Oc1ccccc1C(=O)O.CC(C)Cc1ccc(C(C)C(=O)O)cc1.CC1=C(CC(=O)O)c2cc(F)ccc2/C1=C\c1ccc(S(C)=O)cc1.CSc1ccc(/C=C2/C(C)=C(CC(=O)O)c3cc(F)ccc32)cc1.C[C@H](C(=O)O)c1ccc2cc(CO)ccc2c1.Cc1c(CC(=O)O)c2cc(CO)ccc2n1C(=O)c1ccc(Cl)cc1.O=C(O)c1ccccc1Nc1cccc(C(F)(F)F)c1. The standard InChI is InChI=1S/C20H17FO3S.C20H17FO2S.C19H16ClNO4.C14H10F3NO2.C14H14O3.C13H18O2.C9H8O4/c1-12-17(9-13-3-6-15(7-4-13)25(2)24)16-8-5-14(21)10-19(16)18(12)11-20(22)23;1-12-17(9-13-3-6-15(24-2)7-4-13)16-8-5-14(21)10-19(16)18(12)11-20(22)23;1-11-15(9-18(23)24)16-8-12(10-22)2-7-17(16)21(11)19(25)13-3-5-14(20)6-4-13;15-14(16,17)9-4-3-5-10(8-9)18-12-7-2-1-6-11(12)13(19)20;1-9(14(16)17)11-4-5-12-6-10(8-15)2-3-13(12)7-11;1-9(2)8-11-4-6-12(7-5-11)10(3)13(14)15;1-6(10)13-8-5-3-2-4-7(8)9(11)12/h3-10H,11H2,1-2H3,(H,22,23);3-10H,11H2,1-2H3,(H,22,23);2-8,22H,9-10H2,1H3,(H,23,24);1-8,18H,(H,19,20);2-7,9,15H,8H2,1H3,(H,16,17);4-7,9-10H,8H2,1-3H3,(H,14,15);2-5H,1H3,(H,11,12)/b2*17-9-;;;;;/t;;;;9-;;/m....0../s1. The van der Waals surface area contributed by atoms with Crippen molar-refractivity contribution in [2.24, 2.45) is 5.92 Å². The molecule has 139 heavy (non-hydrogen) atoms. The molecule has 12 aromatic carbocycles. The molecule has 2 aliphatic carbocycles. The van der Waals surface area contributed by atoms with Gasteiger partial charge < -0.3 is 56.0 Å². The van der Waals surface area contributed by atoms with Crippen LogP contribution in [0.5, 0.6) is 5.75 Å². The highest BCUT2D eigenvalue weighted by Crippen LogP contribution is 2.46. The van der Waals surface area contributed by atoms with Crippen molar-refractivity contribution >= 4 is 155 Å². The summed E-state index contributed by atoms with van der Waals surface area (Å²) in [5.41, 5.74) is 16.1. The zero-order chi connectivity index (χ0) is 102. The van der Waals surface area contributed by atoms with Crippen molar-refractivity contribution in [1.29, 1.82) is 0 Å². The van der Waals surface area contributed by atoms with Gasteiger partial charge in [0.05, 0.1) is 66.6 Å². The molecule has 0 bridgehead atoms. The molecule has 15 rings (SSSR count). The number of alkyl halides is 3. The van der Waals surface area contributed by atoms with E-state index < -0.39 is 82.1 Å². The average Bonchev–Trinajstić information content (AvgIpc) is 1.61. The van der Waals surface area contributed by atoms with E-state index in [1.54, 1.807) is 130 Å². The Morgan fingerprint density at radius 2 is 0.993 bits per heavy atom. The summed E-state index contributed by atoms with van der Waals surface area (Å²) in [6.07, 6.45) is 3.79. The van der Waals surface area contributed by atoms with Crippen molar-refractivity contribution < 1.29 is 120 Å². The number of aromatic carboxylic acids is 2. The summed E-state index contributed by atoms with van der Waals surface area (Å²) in [6.45, 7) is 14.3. The Hall–Kier alpha value is -15.0. The monoisotopic (exact) mass is 1950 g/mol. The van der Waals surface area contributed by atoms with Crippen LogP contribution in [0.25, 0.3) is 56.1 Å². The summed E-state index contributed by atoms with van der Waals surface area (Å²) >= 11 is 7.56. The number of fused-ring (bicyclic) bond motifs is 4. The van der Waals surface area contributed by atoms with Crippen molar-refractivity contribution in [3.05, 3.63) is 383 Å². The number of benzene rings is 12. The maximum absolute atomic E-state index is 13.7. The molecular weight excluding hydrogens is 1850 g/mol. The number of allylic oxidation sites excluding steroid dienone is 4. The van der Waals surface area contributed by atoms with Crippen molar-refractivity contribution in [1.82, 2.24) is 4.57 Å². The quantitative estimate of drug-likeness (QED) is 0.0116. The highest BCUT2D eigenvalue weighted by atomic mass is 35.5. The molecule has 0 fully saturated rings. The molecule has 0 aliphatic heterocycles. The number of esters is 1. The number of halogens is 6. The molecule has 1 aromatic heterocycles. The molecule has 720 valence electrons. The van der Waals surface area contributed by atoms with Gasteiger partial charge in [-0.1, -0.05) is 153 Å². The van der Waals surface area contributed by atoms with Crippen LogP contribution in [0.4, 0.5) is 33.3 Å². The van der Waals surface area contributed by atoms with Crippen molar-refractivity contribution in [2.75, 3.05) is 17.8 Å². The maximum atomic E-state index is 13.7. The van der Waals surface area contributed by atoms with Crippen molar-refractivity contribution in [2.45, 2.75) is 122 Å². The lowest BCUT2D eigenvalue weighted by Gasteiger charge is -2.12. The van der Waals surface area contributed by atoms with Gasteiger partial charge in [-0.05, 0) is 310 Å². The second-order valence-corrected chi connectivity index (χ2v) is 35.1. The van der Waals surface area contributed by atoms with E-state index in [4.69, 9.17) is 42.2 Å². The van der Waals surface area contributed by atoms with Gasteiger partial charge in [-0.15, -0.1) is 11.8 Å². The molecule has 0 spiro atoms. The first-order chi connectivity index (χ1) is 65.9. The third-order valence-electron chi connectivity index (χ3n) is 22.2. The van der Waals surface area contributed by atoms with Crippen molar-refractivity contribution in [3.8, 4) is 5.75 Å². The van der Waals surface area contributed by atoms with E-state index in [0.717, 1.165) is 95.5 Å². The third-order valence-corrected chi connectivity index (χ3v) is 24.1. The van der Waals surface area contributed by atoms with Gasteiger partial charge in [0.2, 0.25) is 0 Å². The summed E-state index contributed by atoms with van der Waals surface area (Å²) in [7, 11) is -1.04. The van der Waals surface area contributed by atoms with Crippen LogP contribution in [0.2, 0.25) is 5.02 Å². The molecule has 2 unspecified atom stereocenters. The van der Waals surface area contributed by atoms with Gasteiger partial charge in [0.1, 0.15) is 22.9 Å². The minimum Gasteiger partial charge on any atom is -0.481 e. The smallest absolute Gasteiger partial charge is 0.416 e. The van der Waals surface area contributed by atoms with Crippen LogP contribution in [0.3, 0.4) is 0 Å². The Balaban J connectivity index is 0.000000183. The van der Waals surface area contributed by atoms with Crippen LogP contribution < -0.4 is 10.1 Å². The lowest BCUT2D eigenvalue weighted by molar-refractivity contribution is -0.139. The molecule has 0 saturated heterocycles. The highest BCUT2D eigenvalue weighted by Gasteiger charge is 2.32. The normalized spacial score (nSPS) is 12.9. The fraction of sp³-hybridized carbons (Fsp3) is 0.183. The molecule has 0 saturated carbocycles. The Labute approximate surface area is 809 Å². The molecule has 2 aliphatic rings. The first-order valence-corrected chi connectivity index (χ1v) is 46.2. The number of aromatic nitrogens is 1. The zero-order valence-electron chi connectivity index (χ0n) is 77.0. The first-order valence-electron chi connectivity index (χ1n) is 43.0. The number of carboxylic acid groups (broad SMARTS) is 7. The van der Waals surface area contributed by atoms with E-state index in [1.165, 1.54) is 82.6 Å². The number of anilines is 2. The summed E-state index contributed by atoms with van der Waals surface area (Å²) in [6, 6.07) is 71.9. The average molecular weight is 1950 g/mol. The maximum Gasteiger partial charge on any atom is 0.416 e. The minimum absolute atomic E-state index is 0.00934. The van der Waals surface area contributed by atoms with Crippen LogP contribution in [0, 0.1) is 24.5 Å². The fourth-order valence-electron chi connectivity index (χ4n) is 15.0. The Kier molecular flexibility index (Phi) is 38.5. The van der Waals surface area contributed by atoms with Crippen LogP contribution in [-0.2, 0) is 71.8 Å². The highest BCUT2D eigenvalue weighted by molar-refractivity contribution is 7.98. The summed E-state index contributed by atoms with van der Waals surface area (Å²) in [5, 5.41) is 87.3. The predicted octanol–water partition coefficient (Wildman–Crippen LogP) is 24.2. The van der Waals surface area contributed by atoms with Crippen molar-refractivity contribution in [3.63, 3.8) is 0 Å². The van der Waals surface area contributed by atoms with Gasteiger partial charge >= 0.3 is 53.9 Å². The van der Waals surface area contributed by atoms with E-state index >= 15 is 0 Å². The molecule has 3 atom stereocenters. The molecule has 30 heteroatoms. The lowest BCUT2D eigenvalue weighted by Crippen LogP contribution is -2.14. The largest absolute Gasteiger partial charge is 0.481 e. The van der Waals surface area contributed by atoms with E-state index in [2.05, 4.69) is 36.0 Å². The van der Waals surface area contributed by atoms with Gasteiger partial charge in [0, 0.05) is 61.1 Å². The molecule has 0 amide bonds. The number of aliphatic carboxylic acids is 5. The zero-order valence-corrected chi connectivity index (χ0v) is 79.4. The fourth-order valence-corrected chi connectivity index (χ4v) is 16.1. The molecule has 1 heterocycles. The molecule has 10 N–H and O–H groups in total. The number of nitrogens with zero attached hydrogens (tertiary/aromatic N) is 1. The van der Waals surface area contributed by atoms with Crippen LogP contribution >= 0.6 is 23.4 Å². The number of rotatable bonds is 24. The minimum atomic E-state index is -4.44. The van der Waals surface area contributed by atoms with Crippen LogP contribution in [-0.4, -0.2) is 121 Å². The van der Waals surface area contributed by atoms with E-state index in [1.807, 2.05) is 117 Å². The molecular formula is C109H100ClF5N2O20S2. The number of hydrogen-bond acceptors (Lipinski definition) is 15. The number of carbonyl (C=O) groups is 9. The van der Waals surface area contributed by atoms with E-state index in [-0.39, 0.29) is 78.3 Å². The number of para-hydroxylation sites is 2. The number of carbonyl (C=O) groups excluding carboxylic acids is 2. The van der Waals surface area contributed by atoms with Gasteiger partial charge in [-0.25, -0.2) is 18.4 Å². The summed E-state index contributed by atoms with van der Waals surface area (Å²) < 4.78 is 82.8. The lowest BCUT2D eigenvalue weighted by atomic mass is 9.97. The Morgan fingerprint density at radius 3 is 1.49 bits per heavy atom. The number of hydrogen-bond donors (Lipinski definition) is 10. The van der Waals surface area contributed by atoms with Gasteiger partial charge in [-0.3, -0.25) is 42.3 Å². The number of ether oxygens (including phenoxy) is 1. The van der Waals surface area contributed by atoms with Gasteiger partial charge in [0.25, 0.3) is 5.91 Å².